The van der Waals surface area contributed by atoms with E-state index in [-0.39, 0.29) is 11.8 Å². The first-order valence-electron chi connectivity index (χ1n) is 10.1. The number of hydrogen-bond donors (Lipinski definition) is 1. The number of halogens is 1. The molecule has 1 N–H and O–H groups in total. The molecule has 1 aromatic carbocycles. The maximum atomic E-state index is 13.0. The van der Waals surface area contributed by atoms with E-state index in [2.05, 4.69) is 34.0 Å². The lowest BCUT2D eigenvalue weighted by Crippen LogP contribution is -2.38. The summed E-state index contributed by atoms with van der Waals surface area (Å²) < 4.78 is 0. The minimum Gasteiger partial charge on any atom is -0.375 e. The molecule has 3 heterocycles. The Hall–Kier alpha value is -2.38. The molecule has 1 saturated heterocycles. The second-order valence-electron chi connectivity index (χ2n) is 7.94. The van der Waals surface area contributed by atoms with Crippen LogP contribution in [-0.2, 0) is 4.79 Å². The summed E-state index contributed by atoms with van der Waals surface area (Å²) in [5, 5.41) is 4.87. The Kier molecular flexibility index (Phi) is 5.84. The van der Waals surface area contributed by atoms with Crippen LogP contribution in [0.25, 0.3) is 10.2 Å². The Bertz CT molecular complexity index is 1090. The normalized spacial score (nSPS) is 14.9. The van der Waals surface area contributed by atoms with Gasteiger partial charge in [0.25, 0.3) is 0 Å². The van der Waals surface area contributed by atoms with Gasteiger partial charge in [-0.1, -0.05) is 17.7 Å². The summed E-state index contributed by atoms with van der Waals surface area (Å²) >= 11 is 8.04. The number of nitrogens with one attached hydrogen (secondary N) is 1. The van der Waals surface area contributed by atoms with Crippen LogP contribution in [-0.4, -0.2) is 43.1 Å². The molecular weight excluding hydrogens is 418 g/mol. The molecular formula is C22H26ClN5OS. The maximum absolute atomic E-state index is 13.0. The number of amides is 1. The molecule has 3 aromatic rings. The summed E-state index contributed by atoms with van der Waals surface area (Å²) in [7, 11) is 3.85. The predicted molar refractivity (Wildman–Crippen MR) is 126 cm³/mol. The van der Waals surface area contributed by atoms with Crippen LogP contribution in [0.5, 0.6) is 0 Å². The first-order chi connectivity index (χ1) is 14.4. The SMILES string of the molecule is Cc1sc2ncnc(N3CCC(C(=O)Nc4cccc(Cl)c4N(C)C)CC3)c2c1C. The molecule has 1 aliphatic heterocycles. The number of fused-ring (bicyclic) bond motifs is 1. The minimum absolute atomic E-state index is 0.0297. The van der Waals surface area contributed by atoms with Crippen molar-refractivity contribution in [2.75, 3.05) is 42.3 Å². The number of nitrogens with zero attached hydrogens (tertiary/aromatic N) is 4. The van der Waals surface area contributed by atoms with Gasteiger partial charge in [0, 0.05) is 38.0 Å². The summed E-state index contributed by atoms with van der Waals surface area (Å²) in [6.45, 7) is 5.86. The Morgan fingerprint density at radius 3 is 2.67 bits per heavy atom. The Morgan fingerprint density at radius 1 is 1.23 bits per heavy atom. The average Bonchev–Trinajstić information content (AvgIpc) is 3.02. The van der Waals surface area contributed by atoms with E-state index in [9.17, 15) is 4.79 Å². The molecule has 2 aromatic heterocycles. The number of aryl methyl sites for hydroxylation is 2. The summed E-state index contributed by atoms with van der Waals surface area (Å²) in [6.07, 6.45) is 3.22. The molecule has 6 nitrogen and oxygen atoms in total. The molecule has 0 atom stereocenters. The fraction of sp³-hybridized carbons (Fsp3) is 0.409. The van der Waals surface area contributed by atoms with E-state index in [1.165, 1.54) is 10.4 Å². The minimum atomic E-state index is -0.0297. The van der Waals surface area contributed by atoms with E-state index < -0.39 is 0 Å². The molecule has 0 unspecified atom stereocenters. The van der Waals surface area contributed by atoms with Crippen LogP contribution in [0.2, 0.25) is 5.02 Å². The summed E-state index contributed by atoms with van der Waals surface area (Å²) in [6, 6.07) is 5.59. The summed E-state index contributed by atoms with van der Waals surface area (Å²) in [4.78, 5) is 28.5. The Labute approximate surface area is 185 Å². The molecule has 8 heteroatoms. The van der Waals surface area contributed by atoms with Crippen molar-refractivity contribution in [1.82, 2.24) is 9.97 Å². The lowest BCUT2D eigenvalue weighted by molar-refractivity contribution is -0.120. The molecule has 0 spiro atoms. The van der Waals surface area contributed by atoms with E-state index in [1.54, 1.807) is 17.7 Å². The first kappa shape index (κ1) is 20.9. The fourth-order valence-corrected chi connectivity index (χ4v) is 5.40. The van der Waals surface area contributed by atoms with Gasteiger partial charge in [0.15, 0.2) is 0 Å². The molecule has 0 radical (unpaired) electrons. The van der Waals surface area contributed by atoms with Crippen LogP contribution < -0.4 is 15.1 Å². The third-order valence-electron chi connectivity index (χ3n) is 5.80. The van der Waals surface area contributed by atoms with Crippen LogP contribution in [0.4, 0.5) is 17.2 Å². The number of hydrogen-bond acceptors (Lipinski definition) is 6. The van der Waals surface area contributed by atoms with Gasteiger partial charge in [0.2, 0.25) is 5.91 Å². The van der Waals surface area contributed by atoms with Crippen molar-refractivity contribution in [2.45, 2.75) is 26.7 Å². The number of anilines is 3. The Balaban J connectivity index is 1.47. The first-order valence-corrected chi connectivity index (χ1v) is 11.3. The Morgan fingerprint density at radius 2 is 1.97 bits per heavy atom. The number of piperidine rings is 1. The zero-order chi connectivity index (χ0) is 21.4. The van der Waals surface area contributed by atoms with Crippen LogP contribution in [0.1, 0.15) is 23.3 Å². The van der Waals surface area contributed by atoms with Gasteiger partial charge in [0.05, 0.1) is 21.8 Å². The van der Waals surface area contributed by atoms with Crippen molar-refractivity contribution < 1.29 is 4.79 Å². The molecule has 158 valence electrons. The highest BCUT2D eigenvalue weighted by molar-refractivity contribution is 7.18. The van der Waals surface area contributed by atoms with Gasteiger partial charge < -0.3 is 15.1 Å². The van der Waals surface area contributed by atoms with Crippen LogP contribution in [0, 0.1) is 19.8 Å². The molecule has 4 rings (SSSR count). The third-order valence-corrected chi connectivity index (χ3v) is 7.22. The largest absolute Gasteiger partial charge is 0.375 e. The van der Waals surface area contributed by atoms with Crippen molar-refractivity contribution in [3.8, 4) is 0 Å². The molecule has 0 aliphatic carbocycles. The standard InChI is InChI=1S/C22H26ClN5OS/c1-13-14(2)30-22-18(13)20(24-12-25-22)28-10-8-15(9-11-28)21(29)26-17-7-5-6-16(23)19(17)27(3)4/h5-7,12,15H,8-11H2,1-4H3,(H,26,29). The number of para-hydroxylation sites is 1. The summed E-state index contributed by atoms with van der Waals surface area (Å²) in [5.41, 5.74) is 2.83. The number of carbonyl (C=O) groups is 1. The average molecular weight is 444 g/mol. The van der Waals surface area contributed by atoms with E-state index in [4.69, 9.17) is 11.6 Å². The third kappa shape index (κ3) is 3.84. The van der Waals surface area contributed by atoms with E-state index in [0.717, 1.165) is 53.3 Å². The number of thiophene rings is 1. The van der Waals surface area contributed by atoms with Crippen molar-refractivity contribution in [3.63, 3.8) is 0 Å². The van der Waals surface area contributed by atoms with Gasteiger partial charge in [0.1, 0.15) is 17.0 Å². The van der Waals surface area contributed by atoms with Crippen molar-refractivity contribution in [2.24, 2.45) is 5.92 Å². The van der Waals surface area contributed by atoms with Crippen LogP contribution in [0.3, 0.4) is 0 Å². The van der Waals surface area contributed by atoms with E-state index in [0.29, 0.717) is 5.02 Å². The highest BCUT2D eigenvalue weighted by Crippen LogP contribution is 2.36. The number of rotatable bonds is 4. The zero-order valence-electron chi connectivity index (χ0n) is 17.7. The van der Waals surface area contributed by atoms with Crippen molar-refractivity contribution >= 4 is 56.3 Å². The van der Waals surface area contributed by atoms with Gasteiger partial charge >= 0.3 is 0 Å². The fourth-order valence-electron chi connectivity index (χ4n) is 4.06. The lowest BCUT2D eigenvalue weighted by atomic mass is 9.95. The molecule has 1 amide bonds. The number of benzene rings is 1. The van der Waals surface area contributed by atoms with Crippen molar-refractivity contribution in [3.05, 3.63) is 40.0 Å². The van der Waals surface area contributed by atoms with Gasteiger partial charge in [-0.15, -0.1) is 11.3 Å². The highest BCUT2D eigenvalue weighted by Gasteiger charge is 2.28. The second-order valence-corrected chi connectivity index (χ2v) is 9.55. The molecule has 0 bridgehead atoms. The molecule has 0 saturated carbocycles. The lowest BCUT2D eigenvalue weighted by Gasteiger charge is -2.32. The van der Waals surface area contributed by atoms with Gasteiger partial charge in [-0.3, -0.25) is 4.79 Å². The number of carbonyl (C=O) groups excluding carboxylic acids is 1. The van der Waals surface area contributed by atoms with E-state index in [1.807, 2.05) is 37.2 Å². The topological polar surface area (TPSA) is 61.4 Å². The van der Waals surface area contributed by atoms with Crippen LogP contribution >= 0.6 is 22.9 Å². The van der Waals surface area contributed by atoms with Gasteiger partial charge in [-0.25, -0.2) is 9.97 Å². The maximum Gasteiger partial charge on any atom is 0.227 e. The summed E-state index contributed by atoms with van der Waals surface area (Å²) in [5.74, 6) is 1.01. The molecule has 30 heavy (non-hydrogen) atoms. The van der Waals surface area contributed by atoms with Gasteiger partial charge in [-0.05, 0) is 44.4 Å². The van der Waals surface area contributed by atoms with Crippen LogP contribution in [0.15, 0.2) is 24.5 Å². The monoisotopic (exact) mass is 443 g/mol. The smallest absolute Gasteiger partial charge is 0.227 e. The zero-order valence-corrected chi connectivity index (χ0v) is 19.3. The molecule has 1 aliphatic rings. The molecule has 1 fully saturated rings. The van der Waals surface area contributed by atoms with Gasteiger partial charge in [-0.2, -0.15) is 0 Å². The highest BCUT2D eigenvalue weighted by atomic mass is 35.5. The van der Waals surface area contributed by atoms with Crippen molar-refractivity contribution in [1.29, 1.82) is 0 Å². The predicted octanol–water partition coefficient (Wildman–Crippen LogP) is 4.88. The second kappa shape index (κ2) is 8.40. The number of aromatic nitrogens is 2. The van der Waals surface area contributed by atoms with E-state index >= 15 is 0 Å². The quantitative estimate of drug-likeness (QED) is 0.622.